The smallest absolute Gasteiger partial charge is 0.309 e. The van der Waals surface area contributed by atoms with E-state index in [1.807, 2.05) is 0 Å². The number of hydrogen-bond donors (Lipinski definition) is 5. The summed E-state index contributed by atoms with van der Waals surface area (Å²) in [6.07, 6.45) is 1.34. The van der Waals surface area contributed by atoms with Gasteiger partial charge < -0.3 is 28.7 Å². The second-order valence-electron chi connectivity index (χ2n) is 2.34. The van der Waals surface area contributed by atoms with Crippen LogP contribution in [-0.4, -0.2) is 24.5 Å². The van der Waals surface area contributed by atoms with E-state index in [0.717, 1.165) is 6.42 Å². The van der Waals surface area contributed by atoms with Crippen molar-refractivity contribution in [2.75, 3.05) is 6.54 Å². The largest absolute Gasteiger partial charge is 0.368 e. The van der Waals surface area contributed by atoms with Crippen LogP contribution in [0.5, 0.6) is 0 Å². The summed E-state index contributed by atoms with van der Waals surface area (Å²) >= 11 is 0. The number of hydrogen-bond acceptors (Lipinski definition) is 4. The molecular weight excluding hydrogens is 174 g/mol. The van der Waals surface area contributed by atoms with Crippen LogP contribution >= 0.6 is 0 Å². The SMILES string of the molecule is NC(N)=O.NCCCC(N)C(N)=O. The van der Waals surface area contributed by atoms with Gasteiger partial charge in [0.1, 0.15) is 0 Å². The summed E-state index contributed by atoms with van der Waals surface area (Å²) in [5.41, 5.74) is 23.8. The van der Waals surface area contributed by atoms with Gasteiger partial charge in [0.25, 0.3) is 0 Å². The van der Waals surface area contributed by atoms with Crippen molar-refractivity contribution in [2.24, 2.45) is 28.7 Å². The minimum Gasteiger partial charge on any atom is -0.368 e. The molecule has 0 aromatic heterocycles. The highest BCUT2D eigenvalue weighted by Crippen LogP contribution is 1.89. The summed E-state index contributed by atoms with van der Waals surface area (Å²) in [7, 11) is 0. The highest BCUT2D eigenvalue weighted by Gasteiger charge is 2.06. The van der Waals surface area contributed by atoms with Gasteiger partial charge in [-0.3, -0.25) is 4.79 Å². The van der Waals surface area contributed by atoms with Crippen molar-refractivity contribution in [2.45, 2.75) is 18.9 Å². The highest BCUT2D eigenvalue weighted by atomic mass is 16.2. The molecule has 0 aliphatic carbocycles. The number of primary amides is 3. The van der Waals surface area contributed by atoms with Crippen LogP contribution in [0.15, 0.2) is 0 Å². The predicted octanol–water partition coefficient (Wildman–Crippen LogP) is -2.44. The zero-order valence-electron chi connectivity index (χ0n) is 7.40. The van der Waals surface area contributed by atoms with Crippen LogP contribution in [0.3, 0.4) is 0 Å². The quantitative estimate of drug-likeness (QED) is 0.333. The fraction of sp³-hybridized carbons (Fsp3) is 0.667. The van der Waals surface area contributed by atoms with Crippen molar-refractivity contribution >= 4 is 11.9 Å². The van der Waals surface area contributed by atoms with E-state index in [2.05, 4.69) is 11.5 Å². The standard InChI is InChI=1S/C5H13N3O.CH4N2O/c6-3-1-2-4(7)5(8)9;2-1(3)4/h4H,1-3,6-7H2,(H2,8,9);(H4,2,3,4). The first-order valence-corrected chi connectivity index (χ1v) is 3.71. The Hall–Kier alpha value is -1.34. The lowest BCUT2D eigenvalue weighted by Gasteiger charge is -2.03. The summed E-state index contributed by atoms with van der Waals surface area (Å²) in [5, 5.41) is 0. The fourth-order valence-electron chi connectivity index (χ4n) is 0.480. The number of carbonyl (C=O) groups is 2. The molecule has 0 saturated heterocycles. The molecule has 0 aliphatic rings. The lowest BCUT2D eigenvalue weighted by atomic mass is 10.1. The molecule has 0 heterocycles. The summed E-state index contributed by atoms with van der Waals surface area (Å²) in [6.45, 7) is 0.557. The van der Waals surface area contributed by atoms with Crippen molar-refractivity contribution in [1.82, 2.24) is 0 Å². The van der Waals surface area contributed by atoms with E-state index in [1.54, 1.807) is 0 Å². The maximum absolute atomic E-state index is 10.3. The molecular formula is C6H17N5O2. The molecule has 7 nitrogen and oxygen atoms in total. The first kappa shape index (κ1) is 14.2. The van der Waals surface area contributed by atoms with Gasteiger partial charge in [0.05, 0.1) is 6.04 Å². The van der Waals surface area contributed by atoms with Gasteiger partial charge in [-0.05, 0) is 19.4 Å². The summed E-state index contributed by atoms with van der Waals surface area (Å²) in [6, 6.07) is -1.35. The van der Waals surface area contributed by atoms with Gasteiger partial charge in [-0.25, -0.2) is 4.79 Å². The van der Waals surface area contributed by atoms with Crippen LogP contribution in [0.2, 0.25) is 0 Å². The molecule has 78 valence electrons. The van der Waals surface area contributed by atoms with Gasteiger partial charge in [-0.15, -0.1) is 0 Å². The van der Waals surface area contributed by atoms with Crippen LogP contribution in [0.25, 0.3) is 0 Å². The topological polar surface area (TPSA) is 164 Å². The van der Waals surface area contributed by atoms with Crippen LogP contribution in [0, 0.1) is 0 Å². The van der Waals surface area contributed by atoms with Crippen molar-refractivity contribution < 1.29 is 9.59 Å². The third kappa shape index (κ3) is 18.0. The molecule has 1 unspecified atom stereocenters. The van der Waals surface area contributed by atoms with E-state index in [1.165, 1.54) is 0 Å². The second kappa shape index (κ2) is 8.75. The Morgan fingerprint density at radius 2 is 1.54 bits per heavy atom. The van der Waals surface area contributed by atoms with Crippen LogP contribution in [0.1, 0.15) is 12.8 Å². The van der Waals surface area contributed by atoms with E-state index >= 15 is 0 Å². The maximum Gasteiger partial charge on any atom is 0.309 e. The van der Waals surface area contributed by atoms with Crippen LogP contribution in [0.4, 0.5) is 4.79 Å². The molecule has 0 fully saturated rings. The lowest BCUT2D eigenvalue weighted by Crippen LogP contribution is -2.36. The molecule has 1 atom stereocenters. The zero-order valence-corrected chi connectivity index (χ0v) is 7.40. The molecule has 7 heteroatoms. The summed E-state index contributed by atoms with van der Waals surface area (Å²) in [4.78, 5) is 19.3. The number of nitrogens with two attached hydrogens (primary N) is 5. The number of urea groups is 1. The van der Waals surface area contributed by atoms with Gasteiger partial charge in [0.2, 0.25) is 5.91 Å². The zero-order chi connectivity index (χ0) is 10.9. The Labute approximate surface area is 76.6 Å². The third-order valence-corrected chi connectivity index (χ3v) is 1.08. The van der Waals surface area contributed by atoms with Crippen molar-refractivity contribution in [1.29, 1.82) is 0 Å². The molecule has 0 bridgehead atoms. The molecule has 0 saturated carbocycles. The number of carbonyl (C=O) groups excluding carboxylic acids is 2. The third-order valence-electron chi connectivity index (χ3n) is 1.08. The van der Waals surface area contributed by atoms with E-state index in [-0.39, 0.29) is 0 Å². The average molecular weight is 191 g/mol. The Balaban J connectivity index is 0. The van der Waals surface area contributed by atoms with Gasteiger partial charge in [0.15, 0.2) is 0 Å². The molecule has 0 aromatic carbocycles. The monoisotopic (exact) mass is 191 g/mol. The van der Waals surface area contributed by atoms with Crippen molar-refractivity contribution in [3.63, 3.8) is 0 Å². The average Bonchev–Trinajstić information content (AvgIpc) is 1.98. The van der Waals surface area contributed by atoms with Crippen LogP contribution < -0.4 is 28.7 Å². The Bertz CT molecular complexity index is 157. The Morgan fingerprint density at radius 3 is 1.77 bits per heavy atom. The van der Waals surface area contributed by atoms with Gasteiger partial charge in [-0.2, -0.15) is 0 Å². The summed E-state index contributed by atoms with van der Waals surface area (Å²) < 4.78 is 0. The fourth-order valence-corrected chi connectivity index (χ4v) is 0.480. The number of amides is 3. The molecule has 0 aliphatic heterocycles. The molecule has 10 N–H and O–H groups in total. The van der Waals surface area contributed by atoms with Gasteiger partial charge in [-0.1, -0.05) is 0 Å². The van der Waals surface area contributed by atoms with Gasteiger partial charge >= 0.3 is 6.03 Å². The van der Waals surface area contributed by atoms with E-state index in [9.17, 15) is 4.79 Å². The molecule has 3 amide bonds. The molecule has 0 aromatic rings. The number of rotatable bonds is 4. The molecule has 0 radical (unpaired) electrons. The highest BCUT2D eigenvalue weighted by molar-refractivity contribution is 5.79. The first-order valence-electron chi connectivity index (χ1n) is 3.71. The van der Waals surface area contributed by atoms with Crippen LogP contribution in [-0.2, 0) is 4.79 Å². The second-order valence-corrected chi connectivity index (χ2v) is 2.34. The Morgan fingerprint density at radius 1 is 1.15 bits per heavy atom. The predicted molar refractivity (Wildman–Crippen MR) is 49.2 cm³/mol. The van der Waals surface area contributed by atoms with Gasteiger partial charge in [0, 0.05) is 0 Å². The maximum atomic E-state index is 10.3. The lowest BCUT2D eigenvalue weighted by molar-refractivity contribution is -0.119. The van der Waals surface area contributed by atoms with Crippen molar-refractivity contribution in [3.8, 4) is 0 Å². The minimum atomic E-state index is -0.833. The van der Waals surface area contributed by atoms with E-state index in [0.29, 0.717) is 13.0 Å². The minimum absolute atomic E-state index is 0.455. The molecule has 0 spiro atoms. The Kier molecular flexibility index (Phi) is 9.56. The summed E-state index contributed by atoms with van der Waals surface area (Å²) in [5.74, 6) is -0.455. The first-order chi connectivity index (χ1) is 5.91. The van der Waals surface area contributed by atoms with Crippen molar-refractivity contribution in [3.05, 3.63) is 0 Å². The molecule has 13 heavy (non-hydrogen) atoms. The normalized spacial score (nSPS) is 10.9. The van der Waals surface area contributed by atoms with E-state index in [4.69, 9.17) is 22.0 Å². The van der Waals surface area contributed by atoms with E-state index < -0.39 is 18.0 Å². The molecule has 0 rings (SSSR count).